The smallest absolute Gasteiger partial charge is 0.241 e. The number of rotatable bonds is 8. The van der Waals surface area contributed by atoms with Crippen LogP contribution in [0.1, 0.15) is 40.8 Å². The molecule has 0 aliphatic carbocycles. The van der Waals surface area contributed by atoms with Crippen LogP contribution in [-0.4, -0.2) is 56.2 Å². The molecule has 0 fully saturated rings. The van der Waals surface area contributed by atoms with Crippen LogP contribution in [0.5, 0.6) is 0 Å². The number of nitrogens with one attached hydrogen (secondary N) is 2. The van der Waals surface area contributed by atoms with Crippen LogP contribution < -0.4 is 10.0 Å². The van der Waals surface area contributed by atoms with Gasteiger partial charge in [0, 0.05) is 62.3 Å². The molecule has 162 valence electrons. The lowest BCUT2D eigenvalue weighted by Crippen LogP contribution is -2.42. The van der Waals surface area contributed by atoms with Crippen molar-refractivity contribution in [3.63, 3.8) is 0 Å². The second-order valence-corrected chi connectivity index (χ2v) is 10.6. The van der Waals surface area contributed by atoms with Gasteiger partial charge in [-0.15, -0.1) is 11.3 Å². The average Bonchev–Trinajstić information content (AvgIpc) is 3.16. The minimum atomic E-state index is -3.50. The maximum absolute atomic E-state index is 12.5. The molecule has 0 aliphatic rings. The van der Waals surface area contributed by atoms with Crippen molar-refractivity contribution in [2.45, 2.75) is 45.1 Å². The first-order valence-electron chi connectivity index (χ1n) is 9.56. The Morgan fingerprint density at radius 3 is 2.59 bits per heavy atom. The fraction of sp³-hybridized carbons (Fsp3) is 0.579. The van der Waals surface area contributed by atoms with Crippen molar-refractivity contribution in [2.75, 3.05) is 27.2 Å². The summed E-state index contributed by atoms with van der Waals surface area (Å²) in [6.07, 6.45) is 2.03. The Morgan fingerprint density at radius 1 is 1.34 bits per heavy atom. The summed E-state index contributed by atoms with van der Waals surface area (Å²) in [6, 6.07) is 1.71. The molecule has 0 unspecified atom stereocenters. The largest absolute Gasteiger partial charge is 0.355 e. The fourth-order valence-corrected chi connectivity index (χ4v) is 5.77. The van der Waals surface area contributed by atoms with Crippen LogP contribution in [-0.2, 0) is 23.6 Å². The third kappa shape index (κ3) is 6.03. The van der Waals surface area contributed by atoms with Gasteiger partial charge in [0.05, 0.1) is 10.6 Å². The number of aliphatic imine (C=N–C) groups is 1. The van der Waals surface area contributed by atoms with Crippen molar-refractivity contribution in [3.8, 4) is 0 Å². The molecule has 0 aliphatic heterocycles. The van der Waals surface area contributed by atoms with E-state index in [2.05, 4.69) is 34.0 Å². The molecule has 8 nitrogen and oxygen atoms in total. The molecule has 2 heterocycles. The Hall–Kier alpha value is -1.91. The van der Waals surface area contributed by atoms with E-state index in [1.807, 2.05) is 43.7 Å². The molecule has 0 saturated carbocycles. The van der Waals surface area contributed by atoms with E-state index >= 15 is 0 Å². The van der Waals surface area contributed by atoms with Crippen molar-refractivity contribution in [2.24, 2.45) is 12.0 Å². The highest BCUT2D eigenvalue weighted by atomic mass is 32.2. The van der Waals surface area contributed by atoms with Gasteiger partial charge in [0.1, 0.15) is 0 Å². The maximum Gasteiger partial charge on any atom is 0.241 e. The van der Waals surface area contributed by atoms with Crippen molar-refractivity contribution >= 4 is 27.3 Å². The summed E-state index contributed by atoms with van der Waals surface area (Å²) < 4.78 is 29.4. The van der Waals surface area contributed by atoms with Crippen LogP contribution in [0, 0.1) is 13.8 Å². The van der Waals surface area contributed by atoms with Crippen molar-refractivity contribution in [1.29, 1.82) is 0 Å². The molecule has 29 heavy (non-hydrogen) atoms. The Balaban J connectivity index is 1.91. The summed E-state index contributed by atoms with van der Waals surface area (Å²) >= 11 is 1.49. The molecule has 2 rings (SSSR count). The maximum atomic E-state index is 12.5. The van der Waals surface area contributed by atoms with Crippen LogP contribution in [0.2, 0.25) is 0 Å². The zero-order valence-electron chi connectivity index (χ0n) is 18.3. The normalized spacial score (nSPS) is 12.6. The second kappa shape index (κ2) is 9.73. The number of hydrogen-bond donors (Lipinski definition) is 2. The molecular weight excluding hydrogens is 408 g/mol. The number of sulfonamides is 1. The molecule has 2 aromatic heterocycles. The lowest BCUT2D eigenvalue weighted by molar-refractivity contribution is 0.473. The summed E-state index contributed by atoms with van der Waals surface area (Å²) in [5.41, 5.74) is 2.22. The van der Waals surface area contributed by atoms with E-state index in [1.54, 1.807) is 13.1 Å². The number of aryl methyl sites for hydroxylation is 3. The zero-order valence-corrected chi connectivity index (χ0v) is 19.9. The van der Waals surface area contributed by atoms with Gasteiger partial charge >= 0.3 is 0 Å². The fourth-order valence-electron chi connectivity index (χ4n) is 3.19. The van der Waals surface area contributed by atoms with Crippen molar-refractivity contribution in [1.82, 2.24) is 24.7 Å². The third-order valence-electron chi connectivity index (χ3n) is 4.45. The van der Waals surface area contributed by atoms with Crippen LogP contribution in [0.3, 0.4) is 0 Å². The summed E-state index contributed by atoms with van der Waals surface area (Å²) in [5.74, 6) is 1.04. The zero-order chi connectivity index (χ0) is 21.8. The number of guanidine groups is 1. The second-order valence-electron chi connectivity index (χ2n) is 7.37. The molecule has 2 aromatic rings. The van der Waals surface area contributed by atoms with E-state index < -0.39 is 10.0 Å². The Bertz CT molecular complexity index is 960. The van der Waals surface area contributed by atoms with Gasteiger partial charge in [0.15, 0.2) is 5.96 Å². The minimum Gasteiger partial charge on any atom is -0.355 e. The molecule has 0 amide bonds. The lowest BCUT2D eigenvalue weighted by atomic mass is 10.1. The average molecular weight is 441 g/mol. The summed E-state index contributed by atoms with van der Waals surface area (Å²) in [6.45, 7) is 9.36. The van der Waals surface area contributed by atoms with Gasteiger partial charge < -0.3 is 10.2 Å². The van der Waals surface area contributed by atoms with Gasteiger partial charge in [-0.25, -0.2) is 13.1 Å². The van der Waals surface area contributed by atoms with E-state index in [-0.39, 0.29) is 6.54 Å². The van der Waals surface area contributed by atoms with E-state index in [9.17, 15) is 8.42 Å². The van der Waals surface area contributed by atoms with E-state index in [4.69, 9.17) is 0 Å². The molecule has 2 N–H and O–H groups in total. The van der Waals surface area contributed by atoms with Crippen LogP contribution in [0.4, 0.5) is 0 Å². The van der Waals surface area contributed by atoms with E-state index in [0.717, 1.165) is 21.0 Å². The molecule has 0 atom stereocenters. The van der Waals surface area contributed by atoms with Crippen LogP contribution in [0.15, 0.2) is 22.2 Å². The molecule has 0 aromatic carbocycles. The Kier molecular flexibility index (Phi) is 7.84. The van der Waals surface area contributed by atoms with Crippen molar-refractivity contribution < 1.29 is 8.42 Å². The van der Waals surface area contributed by atoms with Crippen molar-refractivity contribution in [3.05, 3.63) is 33.3 Å². The number of nitrogens with zero attached hydrogens (tertiary/aromatic N) is 4. The summed E-state index contributed by atoms with van der Waals surface area (Å²) in [7, 11) is 2.09. The molecule has 10 heteroatoms. The van der Waals surface area contributed by atoms with Gasteiger partial charge in [-0.1, -0.05) is 13.8 Å². The predicted octanol–water partition coefficient (Wildman–Crippen LogP) is 2.21. The summed E-state index contributed by atoms with van der Waals surface area (Å²) in [4.78, 5) is 8.46. The van der Waals surface area contributed by atoms with Gasteiger partial charge in [-0.2, -0.15) is 5.10 Å². The van der Waals surface area contributed by atoms with E-state index in [1.165, 1.54) is 11.3 Å². The summed E-state index contributed by atoms with van der Waals surface area (Å²) in [5, 5.41) is 7.76. The highest BCUT2D eigenvalue weighted by molar-refractivity contribution is 7.89. The molecule has 0 saturated heterocycles. The SMILES string of the molecule is CN=C(NCCNS(=O)(=O)c1cc(C)sc1C)N(C)Cc1cn(C)nc1C(C)C. The van der Waals surface area contributed by atoms with E-state index in [0.29, 0.717) is 29.9 Å². The van der Waals surface area contributed by atoms with Gasteiger partial charge in [0.2, 0.25) is 10.0 Å². The monoisotopic (exact) mass is 440 g/mol. The number of thiophene rings is 1. The molecule has 0 radical (unpaired) electrons. The highest BCUT2D eigenvalue weighted by Gasteiger charge is 2.19. The quantitative estimate of drug-likeness (QED) is 0.373. The molecular formula is C19H32N6O2S2. The minimum absolute atomic E-state index is 0.271. The van der Waals surface area contributed by atoms with Gasteiger partial charge in [-0.05, 0) is 25.8 Å². The predicted molar refractivity (Wildman–Crippen MR) is 119 cm³/mol. The van der Waals surface area contributed by atoms with Crippen LogP contribution >= 0.6 is 11.3 Å². The number of hydrogen-bond acceptors (Lipinski definition) is 5. The molecule has 0 bridgehead atoms. The molecule has 0 spiro atoms. The van der Waals surface area contributed by atoms with Gasteiger partial charge in [-0.3, -0.25) is 9.67 Å². The Labute approximate surface area is 178 Å². The standard InChI is InChI=1S/C19H32N6O2S2/c1-13(2)18-16(12-25(7)23-18)11-24(6)19(20-5)21-8-9-22-29(26,27)17-10-14(3)28-15(17)4/h10,12-13,22H,8-9,11H2,1-7H3,(H,20,21). The Morgan fingerprint density at radius 2 is 2.03 bits per heavy atom. The lowest BCUT2D eigenvalue weighted by Gasteiger charge is -2.22. The first kappa shape index (κ1) is 23.4. The highest BCUT2D eigenvalue weighted by Crippen LogP contribution is 2.24. The first-order valence-corrected chi connectivity index (χ1v) is 11.9. The first-order chi connectivity index (χ1) is 13.5. The van der Waals surface area contributed by atoms with Crippen LogP contribution in [0.25, 0.3) is 0 Å². The van der Waals surface area contributed by atoms with Gasteiger partial charge in [0.25, 0.3) is 0 Å². The topological polar surface area (TPSA) is 91.6 Å². The number of aromatic nitrogens is 2. The third-order valence-corrected chi connectivity index (χ3v) is 7.13.